The fourth-order valence-electron chi connectivity index (χ4n) is 5.35. The Morgan fingerprint density at radius 2 is 1.77 bits per heavy atom. The fraction of sp³-hybridized carbons (Fsp3) is 0.257. The van der Waals surface area contributed by atoms with Gasteiger partial charge in [0.1, 0.15) is 11.5 Å². The van der Waals surface area contributed by atoms with Gasteiger partial charge in [0.25, 0.3) is 5.56 Å². The monoisotopic (exact) mass is 587 g/mol. The minimum absolute atomic E-state index is 0.194. The summed E-state index contributed by atoms with van der Waals surface area (Å²) >= 11 is 0. The Kier molecular flexibility index (Phi) is 8.62. The van der Waals surface area contributed by atoms with Gasteiger partial charge >= 0.3 is 0 Å². The fourth-order valence-corrected chi connectivity index (χ4v) is 5.35. The van der Waals surface area contributed by atoms with Crippen LogP contribution in [0.15, 0.2) is 84.0 Å². The zero-order chi connectivity index (χ0) is 30.5. The third-order valence-corrected chi connectivity index (χ3v) is 7.98. The summed E-state index contributed by atoms with van der Waals surface area (Å²) < 4.78 is 15.7. The number of pyridine rings is 2. The Morgan fingerprint density at radius 1 is 1.00 bits per heavy atom. The molecule has 44 heavy (non-hydrogen) atoms. The molecule has 0 spiro atoms. The van der Waals surface area contributed by atoms with Gasteiger partial charge in [0.15, 0.2) is 0 Å². The summed E-state index contributed by atoms with van der Waals surface area (Å²) in [5.74, 6) is 6.00. The summed E-state index contributed by atoms with van der Waals surface area (Å²) in [7, 11) is 2.16. The van der Waals surface area contributed by atoms with Gasteiger partial charge in [-0.2, -0.15) is 4.98 Å². The van der Waals surface area contributed by atoms with Crippen molar-refractivity contribution in [3.05, 3.63) is 118 Å². The Hall–Kier alpha value is -5.07. The first-order valence-corrected chi connectivity index (χ1v) is 14.8. The second-order valence-electron chi connectivity index (χ2n) is 11.2. The third-order valence-electron chi connectivity index (χ3n) is 7.98. The summed E-state index contributed by atoms with van der Waals surface area (Å²) in [6.45, 7) is 4.45. The number of piperidine rings is 1. The summed E-state index contributed by atoms with van der Waals surface area (Å²) in [5, 5.41) is 7.59. The van der Waals surface area contributed by atoms with E-state index in [0.717, 1.165) is 48.4 Å². The molecule has 1 aliphatic heterocycles. The molecule has 1 fully saturated rings. The maximum absolute atomic E-state index is 14.1. The molecule has 0 radical (unpaired) electrons. The highest BCUT2D eigenvalue weighted by atomic mass is 19.1. The van der Waals surface area contributed by atoms with E-state index in [9.17, 15) is 9.18 Å². The molecule has 4 heterocycles. The quantitative estimate of drug-likeness (QED) is 0.242. The lowest BCUT2D eigenvalue weighted by Gasteiger charge is -2.30. The molecule has 8 nitrogen and oxygen atoms in total. The molecular weight excluding hydrogens is 553 g/mol. The van der Waals surface area contributed by atoms with Gasteiger partial charge in [-0.25, -0.2) is 9.37 Å². The summed E-state index contributed by atoms with van der Waals surface area (Å²) in [4.78, 5) is 29.6. The molecule has 6 rings (SSSR count). The van der Waals surface area contributed by atoms with Crippen molar-refractivity contribution in [2.45, 2.75) is 38.8 Å². The predicted molar refractivity (Wildman–Crippen MR) is 173 cm³/mol. The Bertz CT molecular complexity index is 1900. The van der Waals surface area contributed by atoms with Crippen LogP contribution in [0.5, 0.6) is 0 Å². The first-order valence-electron chi connectivity index (χ1n) is 14.8. The number of rotatable bonds is 7. The van der Waals surface area contributed by atoms with Crippen LogP contribution < -0.4 is 16.2 Å². The molecule has 0 unspecified atom stereocenters. The molecule has 0 amide bonds. The molecule has 0 atom stereocenters. The second kappa shape index (κ2) is 13.1. The molecule has 2 aromatic carbocycles. The number of nitrogens with zero attached hydrogens (tertiary/aromatic N) is 5. The number of halogens is 1. The SMILES string of the molecule is Cc1cnccc1Cn1c(=O)c(C#CCc2ccccc2F)cc2cnc(Nc3ccc(NC4CCN(C)CC4)cc3)nc21. The van der Waals surface area contributed by atoms with Crippen LogP contribution >= 0.6 is 0 Å². The molecule has 1 aliphatic rings. The Morgan fingerprint density at radius 3 is 2.55 bits per heavy atom. The molecule has 3 aromatic heterocycles. The minimum atomic E-state index is -0.317. The van der Waals surface area contributed by atoms with Crippen LogP contribution in [0.4, 0.5) is 21.7 Å². The van der Waals surface area contributed by atoms with E-state index in [1.165, 1.54) is 6.07 Å². The van der Waals surface area contributed by atoms with Gasteiger partial charge in [0, 0.05) is 47.8 Å². The highest BCUT2D eigenvalue weighted by Crippen LogP contribution is 2.22. The standard InChI is InChI=1S/C35H34FN7O/c1-24-21-37-17-14-27(24)23-43-33-28(20-26(34(43)44)8-5-7-25-6-3-4-9-32(25)36)22-38-35(41-33)40-30-12-10-29(11-13-30)39-31-15-18-42(2)19-16-31/h3-4,6,9-14,17,20-22,31,39H,7,15-16,18-19,23H2,1-2H3,(H,38,40,41). The van der Waals surface area contributed by atoms with E-state index in [4.69, 9.17) is 4.98 Å². The number of hydrogen-bond donors (Lipinski definition) is 2. The summed E-state index contributed by atoms with van der Waals surface area (Å²) in [6, 6.07) is 18.7. The smallest absolute Gasteiger partial charge is 0.268 e. The lowest BCUT2D eigenvalue weighted by atomic mass is 10.1. The van der Waals surface area contributed by atoms with Crippen molar-refractivity contribution in [3.63, 3.8) is 0 Å². The normalized spacial score (nSPS) is 13.8. The number of aryl methyl sites for hydroxylation is 1. The van der Waals surface area contributed by atoms with Crippen molar-refractivity contribution in [1.82, 2.24) is 24.4 Å². The lowest BCUT2D eigenvalue weighted by molar-refractivity contribution is 0.264. The molecule has 1 saturated heterocycles. The topological polar surface area (TPSA) is 88.0 Å². The summed E-state index contributed by atoms with van der Waals surface area (Å²) in [6.07, 6.45) is 7.62. The highest BCUT2D eigenvalue weighted by molar-refractivity contribution is 5.77. The average Bonchev–Trinajstić information content (AvgIpc) is 3.03. The molecule has 0 saturated carbocycles. The number of fused-ring (bicyclic) bond motifs is 1. The Balaban J connectivity index is 1.28. The molecular formula is C35H34FN7O. The van der Waals surface area contributed by atoms with E-state index < -0.39 is 0 Å². The molecule has 9 heteroatoms. The Labute approximate surface area is 256 Å². The van der Waals surface area contributed by atoms with Gasteiger partial charge in [0.2, 0.25) is 5.95 Å². The van der Waals surface area contributed by atoms with Crippen molar-refractivity contribution in [2.75, 3.05) is 30.8 Å². The lowest BCUT2D eigenvalue weighted by Crippen LogP contribution is -2.36. The number of hydrogen-bond acceptors (Lipinski definition) is 7. The first kappa shape index (κ1) is 29.0. The average molecular weight is 588 g/mol. The number of nitrogens with one attached hydrogen (secondary N) is 2. The van der Waals surface area contributed by atoms with E-state index in [2.05, 4.69) is 56.5 Å². The van der Waals surface area contributed by atoms with Crippen molar-refractivity contribution in [3.8, 4) is 11.8 Å². The zero-order valence-corrected chi connectivity index (χ0v) is 24.8. The van der Waals surface area contributed by atoms with Crippen LogP contribution in [0.2, 0.25) is 0 Å². The van der Waals surface area contributed by atoms with Crippen LogP contribution in [-0.2, 0) is 13.0 Å². The number of aromatic nitrogens is 4. The first-order chi connectivity index (χ1) is 21.4. The van der Waals surface area contributed by atoms with E-state index in [-0.39, 0.29) is 17.8 Å². The zero-order valence-electron chi connectivity index (χ0n) is 24.8. The van der Waals surface area contributed by atoms with Gasteiger partial charge in [-0.05, 0) is 99.1 Å². The van der Waals surface area contributed by atoms with Gasteiger partial charge in [-0.15, -0.1) is 0 Å². The molecule has 5 aromatic rings. The molecule has 0 aliphatic carbocycles. The highest BCUT2D eigenvalue weighted by Gasteiger charge is 2.16. The van der Waals surface area contributed by atoms with Crippen molar-refractivity contribution in [2.24, 2.45) is 0 Å². The number of anilines is 3. The van der Waals surface area contributed by atoms with E-state index in [1.54, 1.807) is 47.4 Å². The van der Waals surface area contributed by atoms with Crippen molar-refractivity contribution in [1.29, 1.82) is 0 Å². The number of likely N-dealkylation sites (tertiary alicyclic amines) is 1. The van der Waals surface area contributed by atoms with Crippen LogP contribution in [0.1, 0.15) is 35.1 Å². The predicted octanol–water partition coefficient (Wildman–Crippen LogP) is 5.53. The van der Waals surface area contributed by atoms with Crippen LogP contribution in [-0.4, -0.2) is 50.6 Å². The van der Waals surface area contributed by atoms with Crippen LogP contribution in [0.3, 0.4) is 0 Å². The van der Waals surface area contributed by atoms with E-state index in [0.29, 0.717) is 40.7 Å². The van der Waals surface area contributed by atoms with Crippen molar-refractivity contribution < 1.29 is 4.39 Å². The third kappa shape index (κ3) is 6.77. The van der Waals surface area contributed by atoms with Crippen LogP contribution in [0.25, 0.3) is 11.0 Å². The maximum atomic E-state index is 14.1. The summed E-state index contributed by atoms with van der Waals surface area (Å²) in [5.41, 5.74) is 4.83. The van der Waals surface area contributed by atoms with Gasteiger partial charge < -0.3 is 15.5 Å². The molecule has 0 bridgehead atoms. The maximum Gasteiger partial charge on any atom is 0.268 e. The second-order valence-corrected chi connectivity index (χ2v) is 11.2. The minimum Gasteiger partial charge on any atom is -0.382 e. The molecule has 2 N–H and O–H groups in total. The van der Waals surface area contributed by atoms with Crippen LogP contribution in [0, 0.1) is 24.6 Å². The van der Waals surface area contributed by atoms with E-state index in [1.807, 2.05) is 25.1 Å². The van der Waals surface area contributed by atoms with Gasteiger partial charge in [-0.3, -0.25) is 14.3 Å². The largest absolute Gasteiger partial charge is 0.382 e. The van der Waals surface area contributed by atoms with Crippen molar-refractivity contribution >= 4 is 28.4 Å². The van der Waals surface area contributed by atoms with Gasteiger partial charge in [-0.1, -0.05) is 30.0 Å². The van der Waals surface area contributed by atoms with Gasteiger partial charge in [0.05, 0.1) is 12.1 Å². The number of benzene rings is 2. The van der Waals surface area contributed by atoms with E-state index >= 15 is 0 Å². The molecule has 222 valence electrons.